The van der Waals surface area contributed by atoms with Crippen molar-refractivity contribution in [3.8, 4) is 0 Å². The molecule has 112 valence electrons. The van der Waals surface area contributed by atoms with Crippen molar-refractivity contribution in [3.63, 3.8) is 0 Å². The maximum Gasteiger partial charge on any atom is 0.244 e. The minimum absolute atomic E-state index is 0.0473. The molecule has 2 saturated heterocycles. The molecule has 3 aliphatic rings. The second-order valence-electron chi connectivity index (χ2n) is 6.84. The van der Waals surface area contributed by atoms with Crippen LogP contribution in [0, 0.1) is 11.3 Å². The van der Waals surface area contributed by atoms with Gasteiger partial charge >= 0.3 is 0 Å². The topological polar surface area (TPSA) is 98.7 Å². The van der Waals surface area contributed by atoms with E-state index in [1.165, 1.54) is 0 Å². The van der Waals surface area contributed by atoms with E-state index in [1.54, 1.807) is 4.90 Å². The van der Waals surface area contributed by atoms with Crippen molar-refractivity contribution >= 4 is 11.8 Å². The number of rotatable bonds is 2. The van der Waals surface area contributed by atoms with Crippen molar-refractivity contribution in [1.29, 1.82) is 0 Å². The number of fused-ring (bicyclic) bond motifs is 1. The fourth-order valence-corrected chi connectivity index (χ4v) is 4.36. The van der Waals surface area contributed by atoms with Crippen LogP contribution in [0.1, 0.15) is 33.1 Å². The summed E-state index contributed by atoms with van der Waals surface area (Å²) < 4.78 is 5.71. The molecule has 3 rings (SSSR count). The summed E-state index contributed by atoms with van der Waals surface area (Å²) >= 11 is 0. The molecule has 1 aliphatic carbocycles. The van der Waals surface area contributed by atoms with Gasteiger partial charge in [0, 0.05) is 24.5 Å². The zero-order valence-electron chi connectivity index (χ0n) is 12.1. The van der Waals surface area contributed by atoms with Crippen LogP contribution in [-0.4, -0.2) is 47.6 Å². The molecule has 2 aliphatic heterocycles. The fourth-order valence-electron chi connectivity index (χ4n) is 4.36. The predicted octanol–water partition coefficient (Wildman–Crippen LogP) is -0.395. The van der Waals surface area contributed by atoms with Gasteiger partial charge < -0.3 is 21.1 Å². The molecule has 6 nitrogen and oxygen atoms in total. The molecule has 4 N–H and O–H groups in total. The Balaban J connectivity index is 1.88. The highest BCUT2D eigenvalue weighted by atomic mass is 16.5. The molecule has 4 unspecified atom stereocenters. The van der Waals surface area contributed by atoms with Crippen molar-refractivity contribution in [2.45, 2.75) is 50.8 Å². The average Bonchev–Trinajstić information content (AvgIpc) is 3.04. The smallest absolute Gasteiger partial charge is 0.244 e. The zero-order chi connectivity index (χ0) is 14.7. The summed E-state index contributed by atoms with van der Waals surface area (Å²) in [5, 5.41) is 0. The van der Waals surface area contributed by atoms with E-state index in [4.69, 9.17) is 16.2 Å². The van der Waals surface area contributed by atoms with E-state index in [9.17, 15) is 9.59 Å². The summed E-state index contributed by atoms with van der Waals surface area (Å²) in [6.45, 7) is 5.18. The molecular formula is C14H23N3O3. The Hall–Kier alpha value is -1.14. The summed E-state index contributed by atoms with van der Waals surface area (Å²) in [4.78, 5) is 26.1. The van der Waals surface area contributed by atoms with Crippen molar-refractivity contribution in [2.75, 3.05) is 13.2 Å². The van der Waals surface area contributed by atoms with Crippen molar-refractivity contribution < 1.29 is 14.3 Å². The molecule has 0 bridgehead atoms. The summed E-state index contributed by atoms with van der Waals surface area (Å²) in [6, 6.07) is -0.500. The van der Waals surface area contributed by atoms with Crippen LogP contribution in [0.15, 0.2) is 0 Å². The Kier molecular flexibility index (Phi) is 2.89. The highest BCUT2D eigenvalue weighted by Gasteiger charge is 2.72. The van der Waals surface area contributed by atoms with Gasteiger partial charge in [0.05, 0.1) is 6.10 Å². The number of hydrogen-bond acceptors (Lipinski definition) is 4. The lowest BCUT2D eigenvalue weighted by Gasteiger charge is -2.61. The minimum atomic E-state index is -0.938. The van der Waals surface area contributed by atoms with Gasteiger partial charge in [-0.3, -0.25) is 9.59 Å². The first-order valence-corrected chi connectivity index (χ1v) is 7.32. The van der Waals surface area contributed by atoms with E-state index >= 15 is 0 Å². The number of carbonyl (C=O) groups is 2. The highest BCUT2D eigenvalue weighted by molar-refractivity contribution is 5.94. The van der Waals surface area contributed by atoms with Gasteiger partial charge in [-0.2, -0.15) is 0 Å². The van der Waals surface area contributed by atoms with Crippen LogP contribution in [0.5, 0.6) is 0 Å². The molecule has 0 radical (unpaired) electrons. The predicted molar refractivity (Wildman–Crippen MR) is 72.5 cm³/mol. The van der Waals surface area contributed by atoms with E-state index in [1.807, 2.05) is 13.8 Å². The molecule has 2 amide bonds. The summed E-state index contributed by atoms with van der Waals surface area (Å²) in [6.07, 6.45) is 2.31. The van der Waals surface area contributed by atoms with Gasteiger partial charge in [-0.15, -0.1) is 0 Å². The fraction of sp³-hybridized carbons (Fsp3) is 0.857. The first-order valence-electron chi connectivity index (χ1n) is 7.32. The van der Waals surface area contributed by atoms with E-state index < -0.39 is 22.9 Å². The lowest BCUT2D eigenvalue weighted by molar-refractivity contribution is -0.185. The van der Waals surface area contributed by atoms with E-state index in [2.05, 4.69) is 0 Å². The molecular weight excluding hydrogens is 258 g/mol. The number of primary amides is 1. The number of likely N-dealkylation sites (tertiary alicyclic amines) is 1. The number of hydrogen-bond donors (Lipinski definition) is 2. The molecule has 2 heterocycles. The Morgan fingerprint density at radius 3 is 2.65 bits per heavy atom. The molecule has 0 spiro atoms. The van der Waals surface area contributed by atoms with Gasteiger partial charge in [-0.05, 0) is 19.3 Å². The number of ether oxygens (including phenoxy) is 1. The Morgan fingerprint density at radius 1 is 1.30 bits per heavy atom. The molecule has 3 fully saturated rings. The molecule has 0 aromatic heterocycles. The Morgan fingerprint density at radius 2 is 2.00 bits per heavy atom. The molecule has 20 heavy (non-hydrogen) atoms. The van der Waals surface area contributed by atoms with Gasteiger partial charge in [0.15, 0.2) is 0 Å². The SMILES string of the molecule is CC1(C)C2OCCC2C1(N)C(=O)N1CCCC1C(N)=O. The largest absolute Gasteiger partial charge is 0.377 e. The van der Waals surface area contributed by atoms with E-state index in [0.29, 0.717) is 19.6 Å². The summed E-state index contributed by atoms with van der Waals surface area (Å²) in [5.74, 6) is -0.509. The molecule has 0 aromatic rings. The number of nitrogens with zero attached hydrogens (tertiary/aromatic N) is 1. The Bertz CT molecular complexity index is 465. The lowest BCUT2D eigenvalue weighted by atomic mass is 9.47. The van der Waals surface area contributed by atoms with Crippen LogP contribution in [-0.2, 0) is 14.3 Å². The first-order chi connectivity index (χ1) is 9.31. The van der Waals surface area contributed by atoms with Crippen LogP contribution >= 0.6 is 0 Å². The third kappa shape index (κ3) is 1.46. The van der Waals surface area contributed by atoms with Crippen molar-refractivity contribution in [3.05, 3.63) is 0 Å². The van der Waals surface area contributed by atoms with Gasteiger partial charge in [0.1, 0.15) is 11.6 Å². The van der Waals surface area contributed by atoms with Gasteiger partial charge in [-0.1, -0.05) is 13.8 Å². The second-order valence-corrected chi connectivity index (χ2v) is 6.84. The van der Waals surface area contributed by atoms with Gasteiger partial charge in [-0.25, -0.2) is 0 Å². The summed E-state index contributed by atoms with van der Waals surface area (Å²) in [5.41, 5.74) is 10.6. The van der Waals surface area contributed by atoms with E-state index in [-0.39, 0.29) is 17.9 Å². The standard InChI is InChI=1S/C14H23N3O3/c1-13(2)10-8(5-7-20-10)14(13,16)12(19)17-6-3-4-9(17)11(15)18/h8-10H,3-7,16H2,1-2H3,(H2,15,18). The number of carbonyl (C=O) groups excluding carboxylic acids is 2. The monoisotopic (exact) mass is 281 g/mol. The number of amides is 2. The third-order valence-corrected chi connectivity index (χ3v) is 5.65. The van der Waals surface area contributed by atoms with E-state index in [0.717, 1.165) is 12.8 Å². The van der Waals surface area contributed by atoms with Crippen LogP contribution in [0.25, 0.3) is 0 Å². The average molecular weight is 281 g/mol. The number of nitrogens with two attached hydrogens (primary N) is 2. The van der Waals surface area contributed by atoms with Crippen LogP contribution in [0.2, 0.25) is 0 Å². The highest BCUT2D eigenvalue weighted by Crippen LogP contribution is 2.59. The molecule has 1 saturated carbocycles. The van der Waals surface area contributed by atoms with Gasteiger partial charge in [0.25, 0.3) is 0 Å². The quantitative estimate of drug-likeness (QED) is 0.720. The first kappa shape index (κ1) is 13.8. The minimum Gasteiger partial charge on any atom is -0.377 e. The molecule has 6 heteroatoms. The van der Waals surface area contributed by atoms with Crippen LogP contribution in [0.3, 0.4) is 0 Å². The normalized spacial score (nSPS) is 42.1. The summed E-state index contributed by atoms with van der Waals surface area (Å²) in [7, 11) is 0. The molecule has 4 atom stereocenters. The lowest BCUT2D eigenvalue weighted by Crippen LogP contribution is -2.80. The van der Waals surface area contributed by atoms with Crippen molar-refractivity contribution in [1.82, 2.24) is 4.90 Å². The Labute approximate surface area is 118 Å². The zero-order valence-corrected chi connectivity index (χ0v) is 12.1. The maximum atomic E-state index is 13.0. The van der Waals surface area contributed by atoms with Crippen molar-refractivity contribution in [2.24, 2.45) is 22.8 Å². The second kappa shape index (κ2) is 4.18. The van der Waals surface area contributed by atoms with Gasteiger partial charge in [0.2, 0.25) is 11.8 Å². The van der Waals surface area contributed by atoms with Crippen LogP contribution in [0.4, 0.5) is 0 Å². The maximum absolute atomic E-state index is 13.0. The third-order valence-electron chi connectivity index (χ3n) is 5.65. The van der Waals surface area contributed by atoms with Crippen LogP contribution < -0.4 is 11.5 Å². The molecule has 0 aromatic carbocycles.